The third-order valence-electron chi connectivity index (χ3n) is 7.19. The minimum absolute atomic E-state index is 0.430. The Morgan fingerprint density at radius 2 is 1.97 bits per heavy atom. The summed E-state index contributed by atoms with van der Waals surface area (Å²) in [5.41, 5.74) is 7.13. The number of hydrogen-bond donors (Lipinski definition) is 2. The lowest BCUT2D eigenvalue weighted by Crippen LogP contribution is -2.30. The molecule has 5 heteroatoms. The van der Waals surface area contributed by atoms with Crippen molar-refractivity contribution in [1.82, 2.24) is 10.3 Å². The summed E-state index contributed by atoms with van der Waals surface area (Å²) >= 11 is 3.47. The van der Waals surface area contributed by atoms with Crippen LogP contribution in [0.25, 0.3) is 5.57 Å². The molecule has 2 N–H and O–H groups in total. The first-order valence-corrected chi connectivity index (χ1v) is 12.8. The minimum atomic E-state index is -0.619. The first-order chi connectivity index (χ1) is 16.5. The van der Waals surface area contributed by atoms with Crippen molar-refractivity contribution >= 4 is 27.2 Å². The van der Waals surface area contributed by atoms with Crippen LogP contribution in [0.4, 0.5) is 5.69 Å². The average molecular weight is 514 g/mol. The Labute approximate surface area is 209 Å². The Bertz CT molecular complexity index is 1280. The van der Waals surface area contributed by atoms with Gasteiger partial charge in [-0.3, -0.25) is 4.98 Å². The molecule has 2 aromatic carbocycles. The number of nitrogens with zero attached hydrogens (tertiary/aromatic N) is 1. The van der Waals surface area contributed by atoms with Crippen LogP contribution in [0.3, 0.4) is 0 Å². The van der Waals surface area contributed by atoms with Crippen molar-refractivity contribution < 1.29 is 4.74 Å². The zero-order valence-electron chi connectivity index (χ0n) is 19.3. The molecule has 3 aliphatic heterocycles. The molecular formula is C29H28BrN3O. The molecule has 0 spiro atoms. The summed E-state index contributed by atoms with van der Waals surface area (Å²) in [5.74, 6) is 1.71. The molecule has 3 aromatic rings. The number of benzene rings is 2. The van der Waals surface area contributed by atoms with Crippen LogP contribution in [0.15, 0.2) is 89.2 Å². The fraction of sp³-hybridized carbons (Fsp3) is 0.276. The van der Waals surface area contributed by atoms with Crippen molar-refractivity contribution in [3.63, 3.8) is 0 Å². The third kappa shape index (κ3) is 3.77. The number of allylic oxidation sites excluding steroid dienone is 2. The van der Waals surface area contributed by atoms with Crippen LogP contribution in [0, 0.1) is 5.92 Å². The second-order valence-electron chi connectivity index (χ2n) is 9.66. The van der Waals surface area contributed by atoms with Crippen molar-refractivity contribution in [3.8, 4) is 0 Å². The monoisotopic (exact) mass is 513 g/mol. The Balaban J connectivity index is 1.33. The maximum Gasteiger partial charge on any atom is 0.265 e. The van der Waals surface area contributed by atoms with Gasteiger partial charge in [-0.25, -0.2) is 0 Å². The Hall–Kier alpha value is -2.89. The van der Waals surface area contributed by atoms with Crippen LogP contribution < -0.4 is 10.6 Å². The molecular weight excluding hydrogens is 486 g/mol. The molecule has 3 aliphatic rings. The zero-order chi connectivity index (χ0) is 23.3. The zero-order valence-corrected chi connectivity index (χ0v) is 20.9. The number of rotatable bonds is 5. The van der Waals surface area contributed by atoms with E-state index in [1.165, 1.54) is 18.4 Å². The highest BCUT2D eigenvalue weighted by molar-refractivity contribution is 9.10. The molecule has 0 saturated carbocycles. The normalized spacial score (nSPS) is 25.0. The highest BCUT2D eigenvalue weighted by atomic mass is 79.9. The number of piperidine rings is 1. The van der Waals surface area contributed by atoms with Gasteiger partial charge in [0.25, 0.3) is 5.72 Å². The summed E-state index contributed by atoms with van der Waals surface area (Å²) in [4.78, 5) is 4.55. The number of nitrogens with one attached hydrogen (secondary N) is 2. The van der Waals surface area contributed by atoms with Crippen LogP contribution in [0.2, 0.25) is 0 Å². The summed E-state index contributed by atoms with van der Waals surface area (Å²) in [6.45, 7) is 7.89. The van der Waals surface area contributed by atoms with Crippen LogP contribution in [-0.4, -0.2) is 11.5 Å². The summed E-state index contributed by atoms with van der Waals surface area (Å²) in [5, 5.41) is 7.34. The molecule has 2 fully saturated rings. The van der Waals surface area contributed by atoms with Crippen LogP contribution in [0.1, 0.15) is 48.2 Å². The maximum atomic E-state index is 6.39. The number of pyridine rings is 1. The minimum Gasteiger partial charge on any atom is -0.453 e. The highest BCUT2D eigenvalue weighted by Crippen LogP contribution is 2.59. The third-order valence-corrected chi connectivity index (χ3v) is 7.66. The molecule has 6 rings (SSSR count). The quantitative estimate of drug-likeness (QED) is 0.371. The molecule has 0 amide bonds. The van der Waals surface area contributed by atoms with Crippen LogP contribution in [-0.2, 0) is 16.9 Å². The Kier molecular flexibility index (Phi) is 5.34. The average Bonchev–Trinajstić information content (AvgIpc) is 3.59. The van der Waals surface area contributed by atoms with Crippen LogP contribution in [0.5, 0.6) is 0 Å². The van der Waals surface area contributed by atoms with Gasteiger partial charge in [0.15, 0.2) is 5.76 Å². The van der Waals surface area contributed by atoms with Gasteiger partial charge in [0.2, 0.25) is 0 Å². The lowest BCUT2D eigenvalue weighted by atomic mass is 9.87. The molecule has 0 aliphatic carbocycles. The standard InChI is InChI=1S/C29H28BrN3O/c1-18-13-14-31-26(15-18)20-7-9-21(10-8-20)29-28(34-29)27(24-5-3-4-6-25(24)33-29)19(2)16-23-12-11-22(30)17-32-23/h3-12,17-18,26,31,33H,2,13-16H2,1H3. The molecule has 1 aromatic heterocycles. The van der Waals surface area contributed by atoms with E-state index in [1.807, 2.05) is 18.3 Å². The number of epoxide rings is 1. The number of fused-ring (bicyclic) bond motifs is 2. The fourth-order valence-electron chi connectivity index (χ4n) is 5.30. The summed E-state index contributed by atoms with van der Waals surface area (Å²) in [6, 6.07) is 21.8. The fourth-order valence-corrected chi connectivity index (χ4v) is 5.54. The van der Waals surface area contributed by atoms with E-state index >= 15 is 0 Å². The van der Waals surface area contributed by atoms with E-state index in [9.17, 15) is 0 Å². The maximum absolute atomic E-state index is 6.39. The Morgan fingerprint density at radius 3 is 2.74 bits per heavy atom. The van der Waals surface area contributed by atoms with Gasteiger partial charge in [-0.1, -0.05) is 56.0 Å². The van der Waals surface area contributed by atoms with Crippen molar-refractivity contribution in [2.75, 3.05) is 11.9 Å². The molecule has 3 unspecified atom stereocenters. The number of hydrogen-bond acceptors (Lipinski definition) is 4. The van der Waals surface area contributed by atoms with E-state index in [-0.39, 0.29) is 0 Å². The summed E-state index contributed by atoms with van der Waals surface area (Å²) < 4.78 is 7.37. The van der Waals surface area contributed by atoms with Crippen molar-refractivity contribution in [3.05, 3.63) is 112 Å². The van der Waals surface area contributed by atoms with E-state index in [1.54, 1.807) is 0 Å². The Morgan fingerprint density at radius 1 is 1.15 bits per heavy atom. The first kappa shape index (κ1) is 21.6. The molecule has 4 heterocycles. The van der Waals surface area contributed by atoms with E-state index in [0.717, 1.165) is 56.3 Å². The molecule has 2 saturated heterocycles. The lowest BCUT2D eigenvalue weighted by molar-refractivity contribution is 0.325. The molecule has 172 valence electrons. The number of aromatic nitrogens is 1. The largest absolute Gasteiger partial charge is 0.453 e. The van der Waals surface area contributed by atoms with E-state index in [2.05, 4.69) is 93.6 Å². The molecule has 3 atom stereocenters. The summed E-state index contributed by atoms with van der Waals surface area (Å²) in [7, 11) is 0. The van der Waals surface area contributed by atoms with E-state index in [0.29, 0.717) is 12.5 Å². The predicted octanol–water partition coefficient (Wildman–Crippen LogP) is 6.72. The van der Waals surface area contributed by atoms with Gasteiger partial charge in [-0.15, -0.1) is 0 Å². The van der Waals surface area contributed by atoms with Gasteiger partial charge in [0, 0.05) is 51.2 Å². The lowest BCUT2D eigenvalue weighted by Gasteiger charge is -2.29. The highest BCUT2D eigenvalue weighted by Gasteiger charge is 2.59. The SMILES string of the molecule is C=C(Cc1ccc(Br)cn1)C1=C2OC2(c2ccc(C3CC(C)CCN3)cc2)Nc2ccccc21. The molecule has 0 bridgehead atoms. The van der Waals surface area contributed by atoms with Gasteiger partial charge >= 0.3 is 0 Å². The van der Waals surface area contributed by atoms with Gasteiger partial charge in [0.05, 0.1) is 0 Å². The predicted molar refractivity (Wildman–Crippen MR) is 140 cm³/mol. The van der Waals surface area contributed by atoms with Gasteiger partial charge in [0.1, 0.15) is 0 Å². The second-order valence-corrected chi connectivity index (χ2v) is 10.6. The smallest absolute Gasteiger partial charge is 0.265 e. The topological polar surface area (TPSA) is 49.5 Å². The van der Waals surface area contributed by atoms with Gasteiger partial charge in [-0.2, -0.15) is 0 Å². The molecule has 0 radical (unpaired) electrons. The van der Waals surface area contributed by atoms with E-state index < -0.39 is 5.72 Å². The molecule has 4 nitrogen and oxygen atoms in total. The van der Waals surface area contributed by atoms with Gasteiger partial charge < -0.3 is 15.4 Å². The number of halogens is 1. The van der Waals surface area contributed by atoms with Crippen molar-refractivity contribution in [2.24, 2.45) is 5.92 Å². The molecule has 34 heavy (non-hydrogen) atoms. The number of anilines is 1. The van der Waals surface area contributed by atoms with E-state index in [4.69, 9.17) is 4.74 Å². The number of ether oxygens (including phenoxy) is 1. The second kappa shape index (κ2) is 8.40. The van der Waals surface area contributed by atoms with Crippen molar-refractivity contribution in [2.45, 2.75) is 38.0 Å². The summed E-state index contributed by atoms with van der Waals surface area (Å²) in [6.07, 6.45) is 4.94. The van der Waals surface area contributed by atoms with Crippen LogP contribution >= 0.6 is 15.9 Å². The number of para-hydroxylation sites is 1. The van der Waals surface area contributed by atoms with Crippen molar-refractivity contribution in [1.29, 1.82) is 0 Å². The van der Waals surface area contributed by atoms with Gasteiger partial charge in [-0.05, 0) is 70.6 Å². The first-order valence-electron chi connectivity index (χ1n) is 12.0.